The molecule has 1 heterocycles. The number of aromatic nitrogens is 2. The fraction of sp³-hybridized carbons (Fsp3) is 0.111. The van der Waals surface area contributed by atoms with Gasteiger partial charge in [-0.3, -0.25) is 0 Å². The van der Waals surface area contributed by atoms with Crippen LogP contribution in [-0.2, 0) is 0 Å². The predicted molar refractivity (Wildman–Crippen MR) is 85.1 cm³/mol. The summed E-state index contributed by atoms with van der Waals surface area (Å²) in [4.78, 5) is 8.30. The van der Waals surface area contributed by atoms with Gasteiger partial charge in [0.15, 0.2) is 0 Å². The van der Waals surface area contributed by atoms with Crippen LogP contribution in [0, 0.1) is 11.8 Å². The van der Waals surface area contributed by atoms with Gasteiger partial charge in [0.2, 0.25) is 0 Å². The first kappa shape index (κ1) is 13.9. The van der Waals surface area contributed by atoms with Crippen molar-refractivity contribution in [2.24, 2.45) is 0 Å². The second kappa shape index (κ2) is 6.15. The van der Waals surface area contributed by atoms with E-state index in [0.29, 0.717) is 5.75 Å². The highest BCUT2D eigenvalue weighted by atomic mass is 16.5. The number of ether oxygens (including phenoxy) is 2. The number of fused-ring (bicyclic) bond motifs is 1. The van der Waals surface area contributed by atoms with Crippen LogP contribution in [0.15, 0.2) is 48.9 Å². The van der Waals surface area contributed by atoms with Crippen LogP contribution in [0.1, 0.15) is 11.1 Å². The van der Waals surface area contributed by atoms with Crippen LogP contribution in [0.4, 0.5) is 0 Å². The van der Waals surface area contributed by atoms with Crippen molar-refractivity contribution >= 4 is 10.9 Å². The van der Waals surface area contributed by atoms with Crippen molar-refractivity contribution in [3.8, 4) is 23.3 Å². The molecule has 0 unspecified atom stereocenters. The Hall–Kier alpha value is -3.06. The van der Waals surface area contributed by atoms with Gasteiger partial charge in [-0.15, -0.1) is 0 Å². The Morgan fingerprint density at radius 1 is 0.955 bits per heavy atom. The third kappa shape index (κ3) is 2.70. The van der Waals surface area contributed by atoms with Crippen molar-refractivity contribution in [3.63, 3.8) is 0 Å². The number of hydrogen-bond acceptors (Lipinski definition) is 4. The third-order valence-electron chi connectivity index (χ3n) is 3.29. The molecule has 22 heavy (non-hydrogen) atoms. The Labute approximate surface area is 128 Å². The molecule has 0 saturated carbocycles. The maximum atomic E-state index is 5.34. The zero-order valence-electron chi connectivity index (χ0n) is 12.3. The Kier molecular flexibility index (Phi) is 3.88. The van der Waals surface area contributed by atoms with E-state index in [-0.39, 0.29) is 0 Å². The zero-order valence-corrected chi connectivity index (χ0v) is 12.3. The fourth-order valence-corrected chi connectivity index (χ4v) is 2.16. The average molecular weight is 290 g/mol. The Bertz CT molecular complexity index is 874. The lowest BCUT2D eigenvalue weighted by atomic mass is 10.1. The van der Waals surface area contributed by atoms with Crippen LogP contribution in [0.5, 0.6) is 11.5 Å². The van der Waals surface area contributed by atoms with E-state index in [4.69, 9.17) is 9.47 Å². The summed E-state index contributed by atoms with van der Waals surface area (Å²) in [6.07, 6.45) is 3.31. The SMILES string of the molecule is COc1ccc(OC)c(C#Cc2cccc3ncncc23)c1. The second-order valence-electron chi connectivity index (χ2n) is 4.58. The van der Waals surface area contributed by atoms with Crippen LogP contribution >= 0.6 is 0 Å². The summed E-state index contributed by atoms with van der Waals surface area (Å²) in [5, 5.41) is 0.930. The zero-order chi connectivity index (χ0) is 15.4. The van der Waals surface area contributed by atoms with Gasteiger partial charge in [0.05, 0.1) is 25.3 Å². The monoisotopic (exact) mass is 290 g/mol. The molecule has 3 aromatic rings. The highest BCUT2D eigenvalue weighted by molar-refractivity contribution is 5.84. The van der Waals surface area contributed by atoms with Gasteiger partial charge in [-0.05, 0) is 30.3 Å². The molecule has 0 saturated heterocycles. The molecule has 0 amide bonds. The molecular formula is C18H14N2O2. The van der Waals surface area contributed by atoms with Gasteiger partial charge >= 0.3 is 0 Å². The molecule has 0 radical (unpaired) electrons. The highest BCUT2D eigenvalue weighted by Crippen LogP contribution is 2.23. The van der Waals surface area contributed by atoms with Crippen molar-refractivity contribution in [3.05, 3.63) is 60.0 Å². The molecule has 108 valence electrons. The summed E-state index contributed by atoms with van der Waals surface area (Å²) in [5.74, 6) is 7.76. The van der Waals surface area contributed by atoms with Crippen molar-refractivity contribution in [2.45, 2.75) is 0 Å². The third-order valence-corrected chi connectivity index (χ3v) is 3.29. The molecule has 0 bridgehead atoms. The van der Waals surface area contributed by atoms with E-state index in [9.17, 15) is 0 Å². The van der Waals surface area contributed by atoms with Crippen molar-refractivity contribution < 1.29 is 9.47 Å². The molecule has 4 heteroatoms. The van der Waals surface area contributed by atoms with E-state index in [1.54, 1.807) is 20.4 Å². The van der Waals surface area contributed by atoms with Crippen LogP contribution in [0.25, 0.3) is 10.9 Å². The van der Waals surface area contributed by atoms with Crippen molar-refractivity contribution in [1.82, 2.24) is 9.97 Å². The number of methoxy groups -OCH3 is 2. The maximum absolute atomic E-state index is 5.34. The van der Waals surface area contributed by atoms with Gasteiger partial charge in [0.25, 0.3) is 0 Å². The summed E-state index contributed by atoms with van der Waals surface area (Å²) in [7, 11) is 3.25. The van der Waals surface area contributed by atoms with Crippen LogP contribution in [0.2, 0.25) is 0 Å². The van der Waals surface area contributed by atoms with Gasteiger partial charge in [-0.2, -0.15) is 0 Å². The minimum absolute atomic E-state index is 0.713. The topological polar surface area (TPSA) is 44.2 Å². The Balaban J connectivity index is 2.08. The van der Waals surface area contributed by atoms with E-state index in [0.717, 1.165) is 27.8 Å². The first-order chi connectivity index (χ1) is 10.8. The molecule has 0 aliphatic carbocycles. The number of benzene rings is 2. The Morgan fingerprint density at radius 3 is 2.64 bits per heavy atom. The van der Waals surface area contributed by atoms with E-state index < -0.39 is 0 Å². The molecule has 3 rings (SSSR count). The summed E-state index contributed by atoms with van der Waals surface area (Å²) < 4.78 is 10.6. The Morgan fingerprint density at radius 2 is 1.82 bits per heavy atom. The van der Waals surface area contributed by atoms with Gasteiger partial charge < -0.3 is 9.47 Å². The van der Waals surface area contributed by atoms with Crippen molar-refractivity contribution in [2.75, 3.05) is 14.2 Å². The lowest BCUT2D eigenvalue weighted by Gasteiger charge is -2.05. The van der Waals surface area contributed by atoms with E-state index in [1.807, 2.05) is 36.4 Å². The van der Waals surface area contributed by atoms with E-state index >= 15 is 0 Å². The predicted octanol–water partition coefficient (Wildman–Crippen LogP) is 3.05. The minimum atomic E-state index is 0.713. The summed E-state index contributed by atoms with van der Waals surface area (Å²) in [5.41, 5.74) is 2.53. The quantitative estimate of drug-likeness (QED) is 0.680. The first-order valence-electron chi connectivity index (χ1n) is 6.74. The fourth-order valence-electron chi connectivity index (χ4n) is 2.16. The van der Waals surface area contributed by atoms with Crippen molar-refractivity contribution in [1.29, 1.82) is 0 Å². The van der Waals surface area contributed by atoms with Gasteiger partial charge in [-0.25, -0.2) is 9.97 Å². The molecule has 0 fully saturated rings. The molecule has 0 spiro atoms. The number of rotatable bonds is 2. The first-order valence-corrected chi connectivity index (χ1v) is 6.74. The van der Waals surface area contributed by atoms with Crippen LogP contribution in [0.3, 0.4) is 0 Å². The molecule has 0 N–H and O–H groups in total. The van der Waals surface area contributed by atoms with Gasteiger partial charge in [0, 0.05) is 17.1 Å². The maximum Gasteiger partial charge on any atom is 0.134 e. The highest BCUT2D eigenvalue weighted by Gasteiger charge is 2.03. The average Bonchev–Trinajstić information content (AvgIpc) is 2.59. The van der Waals surface area contributed by atoms with Gasteiger partial charge in [0.1, 0.15) is 17.8 Å². The second-order valence-corrected chi connectivity index (χ2v) is 4.58. The summed E-state index contributed by atoms with van der Waals surface area (Å²) >= 11 is 0. The normalized spacial score (nSPS) is 9.91. The molecule has 2 aromatic carbocycles. The molecule has 0 aliphatic heterocycles. The smallest absolute Gasteiger partial charge is 0.134 e. The number of hydrogen-bond donors (Lipinski definition) is 0. The van der Waals surface area contributed by atoms with Crippen LogP contribution < -0.4 is 9.47 Å². The lowest BCUT2D eigenvalue weighted by molar-refractivity contribution is 0.402. The number of nitrogens with zero attached hydrogens (tertiary/aromatic N) is 2. The molecule has 4 nitrogen and oxygen atoms in total. The standard InChI is InChI=1S/C18H14N2O2/c1-21-15-8-9-18(22-2)14(10-15)7-6-13-4-3-5-17-16(13)11-19-12-20-17/h3-5,8-12H,1-2H3. The largest absolute Gasteiger partial charge is 0.497 e. The lowest BCUT2D eigenvalue weighted by Crippen LogP contribution is -1.90. The van der Waals surface area contributed by atoms with E-state index in [1.165, 1.54) is 6.33 Å². The molecule has 0 atom stereocenters. The summed E-state index contributed by atoms with van der Waals surface area (Å²) in [6, 6.07) is 11.4. The summed E-state index contributed by atoms with van der Waals surface area (Å²) in [6.45, 7) is 0. The van der Waals surface area contributed by atoms with Gasteiger partial charge in [-0.1, -0.05) is 17.9 Å². The van der Waals surface area contributed by atoms with E-state index in [2.05, 4.69) is 21.8 Å². The molecular weight excluding hydrogens is 276 g/mol. The molecule has 0 aliphatic rings. The minimum Gasteiger partial charge on any atom is -0.497 e. The van der Waals surface area contributed by atoms with Crippen LogP contribution in [-0.4, -0.2) is 24.2 Å². The molecule has 1 aromatic heterocycles.